The van der Waals surface area contributed by atoms with E-state index in [1.807, 2.05) is 6.07 Å². The highest BCUT2D eigenvalue weighted by Crippen LogP contribution is 2.33. The van der Waals surface area contributed by atoms with Crippen molar-refractivity contribution >= 4 is 32.8 Å². The molecule has 100 valence electrons. The van der Waals surface area contributed by atoms with Crippen LogP contribution in [0.3, 0.4) is 0 Å². The standard InChI is InChI=1S/C16H20N2S/c1-3-5-7-11(4-2)12-8-6-9-14-13(12)10-15(19-14)16(17)18/h6-10H,3-5H2,1-2H3,(H3,17,18). The molecular weight excluding hydrogens is 252 g/mol. The fraction of sp³-hybridized carbons (Fsp3) is 0.312. The molecule has 0 aliphatic heterocycles. The normalized spacial score (nSPS) is 12.0. The van der Waals surface area contributed by atoms with Gasteiger partial charge in [0.2, 0.25) is 0 Å². The molecule has 0 bridgehead atoms. The van der Waals surface area contributed by atoms with Crippen LogP contribution < -0.4 is 5.73 Å². The van der Waals surface area contributed by atoms with Gasteiger partial charge in [0.25, 0.3) is 0 Å². The van der Waals surface area contributed by atoms with Gasteiger partial charge in [0.05, 0.1) is 4.88 Å². The summed E-state index contributed by atoms with van der Waals surface area (Å²) in [5, 5.41) is 8.80. The maximum Gasteiger partial charge on any atom is 0.133 e. The van der Waals surface area contributed by atoms with Gasteiger partial charge in [-0.15, -0.1) is 11.3 Å². The van der Waals surface area contributed by atoms with Crippen LogP contribution in [-0.4, -0.2) is 5.84 Å². The second-order valence-corrected chi connectivity index (χ2v) is 5.70. The third-order valence-corrected chi connectivity index (χ3v) is 4.37. The fourth-order valence-corrected chi connectivity index (χ4v) is 3.19. The number of nitrogen functional groups attached to an aromatic ring is 1. The molecule has 2 aromatic rings. The van der Waals surface area contributed by atoms with Gasteiger partial charge < -0.3 is 5.73 Å². The predicted molar refractivity (Wildman–Crippen MR) is 86.0 cm³/mol. The van der Waals surface area contributed by atoms with Crippen LogP contribution in [0, 0.1) is 5.41 Å². The largest absolute Gasteiger partial charge is 0.383 e. The Hall–Kier alpha value is -1.61. The van der Waals surface area contributed by atoms with Crippen molar-refractivity contribution in [1.29, 1.82) is 5.41 Å². The van der Waals surface area contributed by atoms with Gasteiger partial charge >= 0.3 is 0 Å². The summed E-state index contributed by atoms with van der Waals surface area (Å²) >= 11 is 1.59. The minimum Gasteiger partial charge on any atom is -0.383 e. The number of allylic oxidation sites excluding steroid dienone is 2. The Morgan fingerprint density at radius 3 is 2.79 bits per heavy atom. The highest BCUT2D eigenvalue weighted by Gasteiger charge is 2.09. The lowest BCUT2D eigenvalue weighted by Crippen LogP contribution is -2.08. The Kier molecular flexibility index (Phi) is 4.38. The summed E-state index contributed by atoms with van der Waals surface area (Å²) in [7, 11) is 0. The lowest BCUT2D eigenvalue weighted by molar-refractivity contribution is 0.955. The average molecular weight is 272 g/mol. The van der Waals surface area contributed by atoms with E-state index in [2.05, 4.69) is 38.1 Å². The summed E-state index contributed by atoms with van der Waals surface area (Å²) in [6.45, 7) is 4.39. The molecule has 2 rings (SSSR count). The van der Waals surface area contributed by atoms with Gasteiger partial charge in [-0.1, -0.05) is 38.5 Å². The van der Waals surface area contributed by atoms with Gasteiger partial charge in [-0.05, 0) is 36.1 Å². The quantitative estimate of drug-likeness (QED) is 0.597. The number of nitrogens with one attached hydrogen (secondary N) is 1. The number of benzene rings is 1. The molecule has 0 saturated heterocycles. The van der Waals surface area contributed by atoms with Gasteiger partial charge in [-0.25, -0.2) is 0 Å². The van der Waals surface area contributed by atoms with E-state index in [0.717, 1.165) is 17.7 Å². The number of rotatable bonds is 5. The van der Waals surface area contributed by atoms with Gasteiger partial charge in [-0.2, -0.15) is 0 Å². The molecule has 0 aliphatic carbocycles. The van der Waals surface area contributed by atoms with E-state index in [-0.39, 0.29) is 5.84 Å². The number of nitrogens with two attached hydrogens (primary N) is 1. The topological polar surface area (TPSA) is 49.9 Å². The van der Waals surface area contributed by atoms with Gasteiger partial charge in [0, 0.05) is 10.1 Å². The third kappa shape index (κ3) is 2.87. The van der Waals surface area contributed by atoms with E-state index >= 15 is 0 Å². The van der Waals surface area contributed by atoms with Crippen molar-refractivity contribution in [2.24, 2.45) is 5.73 Å². The van der Waals surface area contributed by atoms with Crippen molar-refractivity contribution in [3.63, 3.8) is 0 Å². The van der Waals surface area contributed by atoms with E-state index in [1.54, 1.807) is 11.3 Å². The SMILES string of the molecule is CCCC=C(CC)c1cccc2sc(C(=N)N)cc12. The molecule has 2 nitrogen and oxygen atoms in total. The van der Waals surface area contributed by atoms with Gasteiger partial charge in [0.15, 0.2) is 0 Å². The van der Waals surface area contributed by atoms with E-state index in [1.165, 1.54) is 27.6 Å². The lowest BCUT2D eigenvalue weighted by atomic mass is 9.98. The highest BCUT2D eigenvalue weighted by molar-refractivity contribution is 7.20. The molecule has 0 atom stereocenters. The van der Waals surface area contributed by atoms with Crippen LogP contribution in [0.1, 0.15) is 43.6 Å². The first-order valence-electron chi connectivity index (χ1n) is 6.73. The van der Waals surface area contributed by atoms with E-state index < -0.39 is 0 Å². The summed E-state index contributed by atoms with van der Waals surface area (Å²) in [5.41, 5.74) is 8.27. The molecule has 0 amide bonds. The average Bonchev–Trinajstić information content (AvgIpc) is 2.84. The maximum absolute atomic E-state index is 7.57. The van der Waals surface area contributed by atoms with E-state index in [4.69, 9.17) is 11.1 Å². The van der Waals surface area contributed by atoms with Crippen molar-refractivity contribution < 1.29 is 0 Å². The molecule has 0 unspecified atom stereocenters. The van der Waals surface area contributed by atoms with Crippen LogP contribution in [0.25, 0.3) is 15.7 Å². The van der Waals surface area contributed by atoms with Crippen molar-refractivity contribution in [2.45, 2.75) is 33.1 Å². The Labute approximate surface area is 118 Å². The first-order valence-corrected chi connectivity index (χ1v) is 7.55. The molecule has 0 saturated carbocycles. The number of thiophene rings is 1. The minimum atomic E-state index is 0.155. The first kappa shape index (κ1) is 13.8. The molecule has 1 heterocycles. The van der Waals surface area contributed by atoms with Crippen molar-refractivity contribution in [3.05, 3.63) is 40.8 Å². The molecule has 0 spiro atoms. The first-order chi connectivity index (χ1) is 9.17. The number of fused-ring (bicyclic) bond motifs is 1. The van der Waals surface area contributed by atoms with Crippen LogP contribution >= 0.6 is 11.3 Å². The highest BCUT2D eigenvalue weighted by atomic mass is 32.1. The van der Waals surface area contributed by atoms with Crippen molar-refractivity contribution in [1.82, 2.24) is 0 Å². The van der Waals surface area contributed by atoms with Crippen LogP contribution in [-0.2, 0) is 0 Å². The summed E-state index contributed by atoms with van der Waals surface area (Å²) in [4.78, 5) is 0.855. The van der Waals surface area contributed by atoms with Crippen molar-refractivity contribution in [3.8, 4) is 0 Å². The molecule has 0 fully saturated rings. The summed E-state index contributed by atoms with van der Waals surface area (Å²) in [5.74, 6) is 0.155. The number of hydrogen-bond donors (Lipinski definition) is 2. The molecule has 19 heavy (non-hydrogen) atoms. The fourth-order valence-electron chi connectivity index (χ4n) is 2.24. The minimum absolute atomic E-state index is 0.155. The second-order valence-electron chi connectivity index (χ2n) is 4.61. The third-order valence-electron chi connectivity index (χ3n) is 3.23. The Bertz CT molecular complexity index is 623. The summed E-state index contributed by atoms with van der Waals surface area (Å²) in [6.07, 6.45) is 5.65. The Morgan fingerprint density at radius 2 is 2.16 bits per heavy atom. The molecule has 0 radical (unpaired) electrons. The van der Waals surface area contributed by atoms with E-state index in [0.29, 0.717) is 0 Å². The molecular formula is C16H20N2S. The predicted octanol–water partition coefficient (Wildman–Crippen LogP) is 4.78. The maximum atomic E-state index is 7.57. The van der Waals surface area contributed by atoms with Gasteiger partial charge in [0.1, 0.15) is 5.84 Å². The Morgan fingerprint density at radius 1 is 1.37 bits per heavy atom. The van der Waals surface area contributed by atoms with E-state index in [9.17, 15) is 0 Å². The molecule has 1 aromatic carbocycles. The van der Waals surface area contributed by atoms with Crippen LogP contribution in [0.2, 0.25) is 0 Å². The number of hydrogen-bond acceptors (Lipinski definition) is 2. The van der Waals surface area contributed by atoms with Crippen LogP contribution in [0.15, 0.2) is 30.3 Å². The summed E-state index contributed by atoms with van der Waals surface area (Å²) < 4.78 is 1.21. The number of amidine groups is 1. The van der Waals surface area contributed by atoms with Crippen molar-refractivity contribution in [2.75, 3.05) is 0 Å². The van der Waals surface area contributed by atoms with Crippen LogP contribution in [0.4, 0.5) is 0 Å². The molecule has 3 heteroatoms. The molecule has 1 aromatic heterocycles. The zero-order valence-electron chi connectivity index (χ0n) is 11.5. The molecule has 0 aliphatic rings. The second kappa shape index (κ2) is 6.02. The van der Waals surface area contributed by atoms with Crippen LogP contribution in [0.5, 0.6) is 0 Å². The Balaban J connectivity index is 2.56. The number of unbranched alkanes of at least 4 members (excludes halogenated alkanes) is 1. The van der Waals surface area contributed by atoms with Gasteiger partial charge in [-0.3, -0.25) is 5.41 Å². The molecule has 3 N–H and O–H groups in total. The zero-order chi connectivity index (χ0) is 13.8. The monoisotopic (exact) mass is 272 g/mol. The lowest BCUT2D eigenvalue weighted by Gasteiger charge is -2.07. The summed E-state index contributed by atoms with van der Waals surface area (Å²) in [6, 6.07) is 8.41. The smallest absolute Gasteiger partial charge is 0.133 e. The zero-order valence-corrected chi connectivity index (χ0v) is 12.3.